The number of ether oxygens (including phenoxy) is 1. The Morgan fingerprint density at radius 3 is 2.12 bits per heavy atom. The summed E-state index contributed by atoms with van der Waals surface area (Å²) in [5.74, 6) is -1.46. The average molecular weight is 669 g/mol. The lowest BCUT2D eigenvalue weighted by Gasteiger charge is -2.38. The fourth-order valence-corrected chi connectivity index (χ4v) is 6.34. The molecule has 3 N–H and O–H groups in total. The Hall–Kier alpha value is -4.74. The molecule has 3 aromatic carbocycles. The first-order chi connectivity index (χ1) is 23.5. The van der Waals surface area contributed by atoms with E-state index >= 15 is 0 Å². The summed E-state index contributed by atoms with van der Waals surface area (Å²) in [6, 6.07) is 26.2. The highest BCUT2D eigenvalue weighted by molar-refractivity contribution is 5.93. The molecule has 2 fully saturated rings. The van der Waals surface area contributed by atoms with Crippen molar-refractivity contribution in [1.29, 1.82) is 0 Å². The van der Waals surface area contributed by atoms with Crippen LogP contribution in [0.3, 0.4) is 0 Å². The van der Waals surface area contributed by atoms with Gasteiger partial charge >= 0.3 is 0 Å². The molecule has 11 heteroatoms. The van der Waals surface area contributed by atoms with E-state index in [4.69, 9.17) is 4.74 Å². The van der Waals surface area contributed by atoms with Gasteiger partial charge in [-0.2, -0.15) is 0 Å². The lowest BCUT2D eigenvalue weighted by atomic mass is 10.0. The van der Waals surface area contributed by atoms with E-state index in [9.17, 15) is 19.2 Å². The maximum absolute atomic E-state index is 13.9. The highest BCUT2D eigenvalue weighted by atomic mass is 16.5. The maximum Gasteiger partial charge on any atom is 0.251 e. The van der Waals surface area contributed by atoms with Crippen LogP contribution in [0.5, 0.6) is 0 Å². The number of likely N-dealkylation sites (N-methyl/N-ethyl adjacent to an activating group) is 1. The first-order valence-electron chi connectivity index (χ1n) is 17.0. The zero-order valence-corrected chi connectivity index (χ0v) is 28.8. The molecule has 2 bridgehead atoms. The van der Waals surface area contributed by atoms with Gasteiger partial charge in [-0.3, -0.25) is 24.1 Å². The van der Waals surface area contributed by atoms with Crippen LogP contribution >= 0.6 is 0 Å². The fourth-order valence-electron chi connectivity index (χ4n) is 6.34. The van der Waals surface area contributed by atoms with E-state index in [2.05, 4.69) is 62.1 Å². The van der Waals surface area contributed by atoms with E-state index in [1.54, 1.807) is 0 Å². The largest absolute Gasteiger partial charge is 0.361 e. The Morgan fingerprint density at radius 1 is 0.796 bits per heavy atom. The summed E-state index contributed by atoms with van der Waals surface area (Å²) >= 11 is 0. The molecule has 3 aromatic rings. The second kappa shape index (κ2) is 16.6. The van der Waals surface area contributed by atoms with E-state index in [-0.39, 0.29) is 31.3 Å². The zero-order chi connectivity index (χ0) is 34.9. The molecule has 4 atom stereocenters. The SMILES string of the molecule is CC(C)C[C@@H]1NC(=O)CN(C)C(=O)[C@@H](Cc2ccccc2)NC(=O)[C@H]2CN(Cc3ccc(N(C)c4ccccc4)cc3)C[C@@H](CNC1=O)O2. The van der Waals surface area contributed by atoms with Crippen LogP contribution < -0.4 is 20.9 Å². The van der Waals surface area contributed by atoms with Crippen molar-refractivity contribution in [2.45, 2.75) is 57.5 Å². The molecule has 11 nitrogen and oxygen atoms in total. The number of hydrogen-bond acceptors (Lipinski definition) is 7. The first-order valence-corrected chi connectivity index (χ1v) is 17.0. The Kier molecular flexibility index (Phi) is 12.0. The van der Waals surface area contributed by atoms with E-state index in [0.29, 0.717) is 26.1 Å². The first kappa shape index (κ1) is 35.6. The maximum atomic E-state index is 13.9. The quantitative estimate of drug-likeness (QED) is 0.338. The van der Waals surface area contributed by atoms with Gasteiger partial charge in [0.05, 0.1) is 12.6 Å². The second-order valence-electron chi connectivity index (χ2n) is 13.4. The molecule has 0 aliphatic carbocycles. The number of hydrogen-bond donors (Lipinski definition) is 3. The van der Waals surface area contributed by atoms with Crippen LogP contribution in [0.2, 0.25) is 0 Å². The molecule has 0 radical (unpaired) electrons. The van der Waals surface area contributed by atoms with Gasteiger partial charge in [0.1, 0.15) is 18.2 Å². The van der Waals surface area contributed by atoms with E-state index in [1.165, 1.54) is 11.9 Å². The lowest BCUT2D eigenvalue weighted by Crippen LogP contribution is -2.58. The summed E-state index contributed by atoms with van der Waals surface area (Å²) in [6.45, 7) is 5.22. The number of carbonyl (C=O) groups excluding carboxylic acids is 4. The molecular weight excluding hydrogens is 620 g/mol. The van der Waals surface area contributed by atoms with Gasteiger partial charge in [-0.25, -0.2) is 0 Å². The van der Waals surface area contributed by atoms with Gasteiger partial charge in [-0.1, -0.05) is 74.5 Å². The van der Waals surface area contributed by atoms with E-state index in [0.717, 1.165) is 22.5 Å². The highest BCUT2D eigenvalue weighted by Crippen LogP contribution is 2.24. The van der Waals surface area contributed by atoms with Gasteiger partial charge in [0.25, 0.3) is 5.91 Å². The molecule has 0 saturated carbocycles. The topological polar surface area (TPSA) is 123 Å². The van der Waals surface area contributed by atoms with Gasteiger partial charge in [0.15, 0.2) is 0 Å². The van der Waals surface area contributed by atoms with Crippen molar-refractivity contribution >= 4 is 35.0 Å². The van der Waals surface area contributed by atoms with Crippen molar-refractivity contribution in [1.82, 2.24) is 25.8 Å². The molecule has 2 aliphatic rings. The number of fused-ring (bicyclic) bond motifs is 2. The normalized spacial score (nSPS) is 22.8. The Bertz CT molecular complexity index is 1570. The monoisotopic (exact) mass is 668 g/mol. The highest BCUT2D eigenvalue weighted by Gasteiger charge is 2.36. The van der Waals surface area contributed by atoms with Crippen molar-refractivity contribution in [3.05, 3.63) is 96.1 Å². The fraction of sp³-hybridized carbons (Fsp3) is 0.421. The van der Waals surface area contributed by atoms with Crippen LogP contribution in [0, 0.1) is 5.92 Å². The molecular formula is C38H48N6O5. The predicted octanol–water partition coefficient (Wildman–Crippen LogP) is 2.87. The number of amides is 4. The molecule has 2 aliphatic heterocycles. The predicted molar refractivity (Wildman–Crippen MR) is 189 cm³/mol. The molecule has 2 heterocycles. The third-order valence-electron chi connectivity index (χ3n) is 8.93. The molecule has 49 heavy (non-hydrogen) atoms. The molecule has 2 saturated heterocycles. The summed E-state index contributed by atoms with van der Waals surface area (Å²) in [7, 11) is 3.56. The Balaban J connectivity index is 1.38. The van der Waals surface area contributed by atoms with Crippen molar-refractivity contribution in [2.75, 3.05) is 45.2 Å². The average Bonchev–Trinajstić information content (AvgIpc) is 3.10. The summed E-state index contributed by atoms with van der Waals surface area (Å²) in [6.07, 6.45) is -0.700. The minimum atomic E-state index is -0.921. The van der Waals surface area contributed by atoms with Gasteiger partial charge < -0.3 is 30.5 Å². The third-order valence-corrected chi connectivity index (χ3v) is 8.93. The van der Waals surface area contributed by atoms with Gasteiger partial charge in [0.2, 0.25) is 17.7 Å². The second-order valence-corrected chi connectivity index (χ2v) is 13.4. The molecule has 0 aromatic heterocycles. The van der Waals surface area contributed by atoms with Crippen LogP contribution in [-0.4, -0.2) is 98.0 Å². The lowest BCUT2D eigenvalue weighted by molar-refractivity contribution is -0.150. The van der Waals surface area contributed by atoms with Crippen LogP contribution in [0.25, 0.3) is 0 Å². The number of carbonyl (C=O) groups is 4. The standard InChI is InChI=1S/C38H48N6O5/c1-26(2)19-32-36(46)39-21-31-23-44(22-28-15-17-30(18-16-28)43(4)29-13-9-6-10-14-29)24-34(49-31)37(47)41-33(20-27-11-7-5-8-12-27)38(48)42(3)25-35(45)40-32/h5-18,26,31-34H,19-25H2,1-4H3,(H,39,46)(H,40,45)(H,41,47)/t31-,32+,33-,34-/m1/s1. The number of anilines is 2. The molecule has 0 unspecified atom stereocenters. The van der Waals surface area contributed by atoms with Gasteiger partial charge in [-0.05, 0) is 47.7 Å². The van der Waals surface area contributed by atoms with Crippen molar-refractivity contribution in [3.8, 4) is 0 Å². The number of nitrogens with one attached hydrogen (secondary N) is 3. The number of nitrogens with zero attached hydrogens (tertiary/aromatic N) is 3. The summed E-state index contributed by atoms with van der Waals surface area (Å²) in [5, 5.41) is 8.72. The van der Waals surface area contributed by atoms with Gasteiger partial charge in [0, 0.05) is 58.1 Å². The van der Waals surface area contributed by atoms with Crippen molar-refractivity contribution in [3.63, 3.8) is 0 Å². The molecule has 5 rings (SSSR count). The molecule has 4 amide bonds. The summed E-state index contributed by atoms with van der Waals surface area (Å²) in [5.41, 5.74) is 4.07. The third kappa shape index (κ3) is 9.90. The van der Waals surface area contributed by atoms with Crippen LogP contribution in [0.4, 0.5) is 11.4 Å². The Labute approximate surface area is 289 Å². The smallest absolute Gasteiger partial charge is 0.251 e. The zero-order valence-electron chi connectivity index (χ0n) is 28.8. The van der Waals surface area contributed by atoms with Crippen molar-refractivity contribution in [2.24, 2.45) is 5.92 Å². The van der Waals surface area contributed by atoms with Crippen LogP contribution in [0.1, 0.15) is 31.4 Å². The van der Waals surface area contributed by atoms with Gasteiger partial charge in [-0.15, -0.1) is 0 Å². The Morgan fingerprint density at radius 2 is 1.45 bits per heavy atom. The van der Waals surface area contributed by atoms with E-state index in [1.807, 2.05) is 69.4 Å². The minimum Gasteiger partial charge on any atom is -0.361 e. The van der Waals surface area contributed by atoms with Crippen molar-refractivity contribution < 1.29 is 23.9 Å². The summed E-state index contributed by atoms with van der Waals surface area (Å²) < 4.78 is 6.30. The number of rotatable bonds is 8. The van der Waals surface area contributed by atoms with E-state index < -0.39 is 42.0 Å². The number of para-hydroxylation sites is 1. The molecule has 0 spiro atoms. The number of morpholine rings is 1. The summed E-state index contributed by atoms with van der Waals surface area (Å²) in [4.78, 5) is 59.6. The van der Waals surface area contributed by atoms with Crippen LogP contribution in [-0.2, 0) is 36.9 Å². The number of benzene rings is 3. The molecule has 260 valence electrons. The van der Waals surface area contributed by atoms with Crippen LogP contribution in [0.15, 0.2) is 84.9 Å². The minimum absolute atomic E-state index is 0.138.